The van der Waals surface area contributed by atoms with Crippen molar-refractivity contribution in [3.63, 3.8) is 0 Å². The molecule has 4 heteroatoms. The standard InChI is InChI=1S/C11H14Si.2ClH.Zr/c1-12(2)11-8-7-9-5-3-4-6-10(9)11;;;/h3-8,11-12H,1-2H3;2*1H;/q;;;+2/p-2. The van der Waals surface area contributed by atoms with Gasteiger partial charge in [-0.1, -0.05) is 49.5 Å². The fourth-order valence-electron chi connectivity index (χ4n) is 1.86. The summed E-state index contributed by atoms with van der Waals surface area (Å²) in [7, 11) is -0.547. The maximum atomic E-state index is 2.41. The van der Waals surface area contributed by atoms with Gasteiger partial charge in [0.25, 0.3) is 0 Å². The minimum atomic E-state index is -0.547. The molecule has 1 aliphatic carbocycles. The number of allylic oxidation sites excluding steroid dienone is 1. The zero-order chi connectivity index (χ0) is 8.55. The Kier molecular flexibility index (Phi) is 9.42. The summed E-state index contributed by atoms with van der Waals surface area (Å²) in [5.41, 5.74) is 3.77. The maximum absolute atomic E-state index is 2.41. The Morgan fingerprint density at radius 2 is 1.67 bits per heavy atom. The van der Waals surface area contributed by atoms with E-state index >= 15 is 0 Å². The molecule has 1 atom stereocenters. The molecule has 0 spiro atoms. The van der Waals surface area contributed by atoms with Crippen LogP contribution in [0.25, 0.3) is 6.08 Å². The first kappa shape index (κ1) is 18.0. The van der Waals surface area contributed by atoms with Crippen LogP contribution in [0.15, 0.2) is 30.3 Å². The van der Waals surface area contributed by atoms with Crippen molar-refractivity contribution < 1.29 is 51.0 Å². The predicted octanol–water partition coefficient (Wildman–Crippen LogP) is -3.17. The molecule has 0 N–H and O–H groups in total. The molecule has 0 fully saturated rings. The molecule has 0 heterocycles. The van der Waals surface area contributed by atoms with Crippen LogP contribution in [0.2, 0.25) is 13.1 Å². The van der Waals surface area contributed by atoms with Gasteiger partial charge in [-0.15, -0.1) is 0 Å². The van der Waals surface area contributed by atoms with E-state index in [0.29, 0.717) is 0 Å². The van der Waals surface area contributed by atoms with Crippen LogP contribution < -0.4 is 24.8 Å². The van der Waals surface area contributed by atoms with Gasteiger partial charge in [0, 0.05) is 8.80 Å². The minimum absolute atomic E-state index is 0. The summed E-state index contributed by atoms with van der Waals surface area (Å²) in [5, 5.41) is 0. The van der Waals surface area contributed by atoms with Gasteiger partial charge >= 0.3 is 26.2 Å². The second kappa shape index (κ2) is 7.84. The third kappa shape index (κ3) is 3.85. The SMILES string of the molecule is C[SiH](C)C1C=Cc2ccccc21.[Cl-].[Cl-].[Zr+2]. The van der Waals surface area contributed by atoms with Crippen molar-refractivity contribution in [2.75, 3.05) is 0 Å². The number of benzene rings is 1. The second-order valence-electron chi connectivity index (χ2n) is 3.76. The maximum Gasteiger partial charge on any atom is 2.00 e. The largest absolute Gasteiger partial charge is 2.00 e. The van der Waals surface area contributed by atoms with Gasteiger partial charge in [0.1, 0.15) is 0 Å². The Morgan fingerprint density at radius 3 is 2.27 bits per heavy atom. The molecule has 0 radical (unpaired) electrons. The molecule has 0 aliphatic heterocycles. The first-order valence-electron chi connectivity index (χ1n) is 4.56. The first-order chi connectivity index (χ1) is 5.79. The van der Waals surface area contributed by atoms with E-state index in [1.807, 2.05) is 0 Å². The molecule has 80 valence electrons. The summed E-state index contributed by atoms with van der Waals surface area (Å²) in [6.07, 6.45) is 4.65. The predicted molar refractivity (Wildman–Crippen MR) is 57.1 cm³/mol. The van der Waals surface area contributed by atoms with E-state index in [4.69, 9.17) is 0 Å². The van der Waals surface area contributed by atoms with Gasteiger partial charge in [0.05, 0.1) is 0 Å². The Morgan fingerprint density at radius 1 is 1.07 bits per heavy atom. The molecule has 1 aromatic carbocycles. The minimum Gasteiger partial charge on any atom is -1.00 e. The van der Waals surface area contributed by atoms with Crippen LogP contribution in [0.4, 0.5) is 0 Å². The van der Waals surface area contributed by atoms with Crippen LogP contribution in [0.5, 0.6) is 0 Å². The monoisotopic (exact) mass is 334 g/mol. The summed E-state index contributed by atoms with van der Waals surface area (Å²) in [6, 6.07) is 8.75. The van der Waals surface area contributed by atoms with Crippen LogP contribution in [0.3, 0.4) is 0 Å². The van der Waals surface area contributed by atoms with E-state index in [-0.39, 0.29) is 51.0 Å². The van der Waals surface area contributed by atoms with E-state index < -0.39 is 8.80 Å². The van der Waals surface area contributed by atoms with Crippen LogP contribution in [-0.2, 0) is 26.2 Å². The van der Waals surface area contributed by atoms with Crippen molar-refractivity contribution in [3.05, 3.63) is 41.5 Å². The quantitative estimate of drug-likeness (QED) is 0.475. The third-order valence-electron chi connectivity index (χ3n) is 2.56. The molecule has 0 aromatic heterocycles. The average molecular weight is 336 g/mol. The van der Waals surface area contributed by atoms with Crippen molar-refractivity contribution in [1.82, 2.24) is 0 Å². The Labute approximate surface area is 125 Å². The molecule has 0 bridgehead atoms. The summed E-state index contributed by atoms with van der Waals surface area (Å²) in [6.45, 7) is 4.83. The van der Waals surface area contributed by atoms with Crippen LogP contribution >= 0.6 is 0 Å². The van der Waals surface area contributed by atoms with Crippen molar-refractivity contribution in [2.45, 2.75) is 18.6 Å². The number of fused-ring (bicyclic) bond motifs is 1. The van der Waals surface area contributed by atoms with Crippen LogP contribution in [-0.4, -0.2) is 8.80 Å². The third-order valence-corrected chi connectivity index (χ3v) is 4.57. The molecule has 1 aliphatic rings. The van der Waals surface area contributed by atoms with E-state index in [0.717, 1.165) is 5.54 Å². The molecule has 2 rings (SSSR count). The molecule has 1 unspecified atom stereocenters. The Balaban J connectivity index is 0. The molecule has 0 saturated carbocycles. The molecule has 0 saturated heterocycles. The van der Waals surface area contributed by atoms with E-state index in [9.17, 15) is 0 Å². The smallest absolute Gasteiger partial charge is 1.00 e. The first-order valence-corrected chi connectivity index (χ1v) is 7.54. The van der Waals surface area contributed by atoms with Crippen molar-refractivity contribution in [3.8, 4) is 0 Å². The van der Waals surface area contributed by atoms with Gasteiger partial charge < -0.3 is 24.8 Å². The summed E-state index contributed by atoms with van der Waals surface area (Å²) >= 11 is 0. The molecule has 0 amide bonds. The van der Waals surface area contributed by atoms with E-state index in [1.54, 1.807) is 5.56 Å². The zero-order valence-electron chi connectivity index (χ0n) is 8.87. The van der Waals surface area contributed by atoms with Gasteiger partial charge in [-0.25, -0.2) is 0 Å². The molecule has 15 heavy (non-hydrogen) atoms. The van der Waals surface area contributed by atoms with Gasteiger partial charge in [-0.3, -0.25) is 0 Å². The summed E-state index contributed by atoms with van der Waals surface area (Å²) < 4.78 is 0. The molecular formula is C11H14Cl2SiZr. The van der Waals surface area contributed by atoms with Crippen LogP contribution in [0, 0.1) is 0 Å². The number of rotatable bonds is 1. The van der Waals surface area contributed by atoms with Crippen molar-refractivity contribution in [1.29, 1.82) is 0 Å². The van der Waals surface area contributed by atoms with E-state index in [1.165, 1.54) is 5.56 Å². The number of hydrogen-bond donors (Lipinski definition) is 0. The number of halogens is 2. The summed E-state index contributed by atoms with van der Waals surface area (Å²) in [5.74, 6) is 0. The number of hydrogen-bond acceptors (Lipinski definition) is 0. The fourth-order valence-corrected chi connectivity index (χ4v) is 3.44. The van der Waals surface area contributed by atoms with Crippen molar-refractivity contribution in [2.24, 2.45) is 0 Å². The molecular weight excluding hydrogens is 322 g/mol. The fraction of sp³-hybridized carbons (Fsp3) is 0.273. The normalized spacial score (nSPS) is 16.1. The topological polar surface area (TPSA) is 0 Å². The van der Waals surface area contributed by atoms with Gasteiger partial charge in [-0.05, 0) is 16.7 Å². The average Bonchev–Trinajstić information content (AvgIpc) is 2.47. The van der Waals surface area contributed by atoms with Crippen molar-refractivity contribution >= 4 is 14.9 Å². The van der Waals surface area contributed by atoms with Crippen LogP contribution in [0.1, 0.15) is 16.7 Å². The Bertz CT molecular complexity index is 326. The second-order valence-corrected chi connectivity index (χ2v) is 6.96. The van der Waals surface area contributed by atoms with Gasteiger partial charge in [-0.2, -0.15) is 0 Å². The molecule has 1 aromatic rings. The van der Waals surface area contributed by atoms with Gasteiger partial charge in [0.15, 0.2) is 0 Å². The Hall–Kier alpha value is 0.640. The molecule has 0 nitrogen and oxygen atoms in total. The van der Waals surface area contributed by atoms with E-state index in [2.05, 4.69) is 49.5 Å². The summed E-state index contributed by atoms with van der Waals surface area (Å²) in [4.78, 5) is 0. The van der Waals surface area contributed by atoms with Gasteiger partial charge in [0.2, 0.25) is 0 Å². The zero-order valence-corrected chi connectivity index (χ0v) is 14.0.